The Balaban J connectivity index is 2.60. The fourth-order valence-electron chi connectivity index (χ4n) is 1.99. The van der Waals surface area contributed by atoms with E-state index in [9.17, 15) is 13.5 Å². The predicted octanol–water partition coefficient (Wildman–Crippen LogP) is 2.37. The molecule has 1 aromatic rings. The molecule has 5 heteroatoms. The zero-order chi connectivity index (χ0) is 15.2. The Morgan fingerprint density at radius 1 is 1.30 bits per heavy atom. The normalized spacial score (nSPS) is 15.7. The van der Waals surface area contributed by atoms with Gasteiger partial charge in [-0.3, -0.25) is 0 Å². The van der Waals surface area contributed by atoms with E-state index in [1.165, 1.54) is 6.08 Å². The predicted molar refractivity (Wildman–Crippen MR) is 82.5 cm³/mol. The van der Waals surface area contributed by atoms with Gasteiger partial charge in [0.25, 0.3) is 0 Å². The quantitative estimate of drug-likeness (QED) is 0.812. The summed E-state index contributed by atoms with van der Waals surface area (Å²) in [5.74, 6) is 0.300. The van der Waals surface area contributed by atoms with E-state index in [2.05, 4.69) is 4.72 Å². The van der Waals surface area contributed by atoms with Gasteiger partial charge < -0.3 is 5.11 Å². The van der Waals surface area contributed by atoms with Gasteiger partial charge in [-0.15, -0.1) is 0 Å². The molecule has 0 aromatic heterocycles. The maximum atomic E-state index is 11.8. The molecule has 0 spiro atoms. The first kappa shape index (κ1) is 16.9. The van der Waals surface area contributed by atoms with Crippen LogP contribution >= 0.6 is 0 Å². The number of aliphatic hydroxyl groups is 1. The van der Waals surface area contributed by atoms with Gasteiger partial charge in [0.05, 0.1) is 5.60 Å². The summed E-state index contributed by atoms with van der Waals surface area (Å²) in [5.41, 5.74) is -0.228. The van der Waals surface area contributed by atoms with Crippen molar-refractivity contribution in [3.63, 3.8) is 0 Å². The van der Waals surface area contributed by atoms with Crippen LogP contribution < -0.4 is 4.72 Å². The molecule has 0 fully saturated rings. The summed E-state index contributed by atoms with van der Waals surface area (Å²) in [5, 5.41) is 11.2. The first-order valence-corrected chi connectivity index (χ1v) is 8.20. The fraction of sp³-hybridized carbons (Fsp3) is 0.467. The van der Waals surface area contributed by atoms with Gasteiger partial charge in [-0.1, -0.05) is 44.2 Å². The first-order chi connectivity index (χ1) is 9.20. The van der Waals surface area contributed by atoms with Gasteiger partial charge in [-0.05, 0) is 30.9 Å². The van der Waals surface area contributed by atoms with E-state index in [4.69, 9.17) is 0 Å². The lowest BCUT2D eigenvalue weighted by Crippen LogP contribution is -2.40. The monoisotopic (exact) mass is 297 g/mol. The Labute approximate surface area is 121 Å². The van der Waals surface area contributed by atoms with Gasteiger partial charge in [0.1, 0.15) is 0 Å². The van der Waals surface area contributed by atoms with Crippen LogP contribution in [0.4, 0.5) is 0 Å². The third-order valence-corrected chi connectivity index (χ3v) is 3.78. The van der Waals surface area contributed by atoms with Crippen LogP contribution in [0.15, 0.2) is 35.7 Å². The van der Waals surface area contributed by atoms with Crippen molar-refractivity contribution in [3.8, 4) is 0 Å². The van der Waals surface area contributed by atoms with Crippen molar-refractivity contribution in [2.45, 2.75) is 32.8 Å². The average Bonchev–Trinajstić information content (AvgIpc) is 2.34. The topological polar surface area (TPSA) is 66.4 Å². The highest BCUT2D eigenvalue weighted by atomic mass is 32.2. The van der Waals surface area contributed by atoms with Crippen molar-refractivity contribution < 1.29 is 13.5 Å². The lowest BCUT2D eigenvalue weighted by Gasteiger charge is -2.25. The highest BCUT2D eigenvalue weighted by molar-refractivity contribution is 7.92. The molecule has 0 aliphatic rings. The SMILES string of the molecule is CC(C)CC(C)(O)CNS(=O)(=O)C=Cc1ccccc1. The van der Waals surface area contributed by atoms with E-state index in [1.54, 1.807) is 6.92 Å². The van der Waals surface area contributed by atoms with Crippen LogP contribution in [0, 0.1) is 5.92 Å². The van der Waals surface area contributed by atoms with Gasteiger partial charge in [0.2, 0.25) is 10.0 Å². The molecule has 1 rings (SSSR count). The molecular formula is C15H23NO3S. The molecule has 20 heavy (non-hydrogen) atoms. The smallest absolute Gasteiger partial charge is 0.233 e. The van der Waals surface area contributed by atoms with Crippen LogP contribution in [0.2, 0.25) is 0 Å². The Hall–Kier alpha value is -1.17. The molecule has 1 unspecified atom stereocenters. The second kappa shape index (κ2) is 7.02. The van der Waals surface area contributed by atoms with Crippen molar-refractivity contribution >= 4 is 16.1 Å². The van der Waals surface area contributed by atoms with Crippen LogP contribution in [0.25, 0.3) is 6.08 Å². The number of sulfonamides is 1. The van der Waals surface area contributed by atoms with Crippen LogP contribution in [0.1, 0.15) is 32.8 Å². The van der Waals surface area contributed by atoms with Gasteiger partial charge in [-0.2, -0.15) is 0 Å². The summed E-state index contributed by atoms with van der Waals surface area (Å²) < 4.78 is 26.1. The van der Waals surface area contributed by atoms with Crippen molar-refractivity contribution in [1.29, 1.82) is 0 Å². The van der Waals surface area contributed by atoms with E-state index in [0.29, 0.717) is 12.3 Å². The van der Waals surface area contributed by atoms with E-state index in [-0.39, 0.29) is 6.54 Å². The third-order valence-electron chi connectivity index (χ3n) is 2.74. The van der Waals surface area contributed by atoms with Gasteiger partial charge in [0, 0.05) is 12.0 Å². The minimum Gasteiger partial charge on any atom is -0.389 e. The van der Waals surface area contributed by atoms with Gasteiger partial charge in [-0.25, -0.2) is 13.1 Å². The van der Waals surface area contributed by atoms with Crippen LogP contribution in [-0.4, -0.2) is 25.7 Å². The second-order valence-electron chi connectivity index (χ2n) is 5.67. The lowest BCUT2D eigenvalue weighted by atomic mass is 9.95. The number of rotatable bonds is 7. The molecule has 0 aliphatic carbocycles. The van der Waals surface area contributed by atoms with Crippen molar-refractivity contribution in [2.75, 3.05) is 6.54 Å². The Morgan fingerprint density at radius 3 is 2.45 bits per heavy atom. The first-order valence-electron chi connectivity index (χ1n) is 6.65. The third kappa shape index (κ3) is 6.84. The summed E-state index contributed by atoms with van der Waals surface area (Å²) in [6.45, 7) is 5.61. The number of hydrogen-bond donors (Lipinski definition) is 2. The van der Waals surface area contributed by atoms with E-state index in [1.807, 2.05) is 44.2 Å². The molecule has 0 saturated heterocycles. The largest absolute Gasteiger partial charge is 0.389 e. The van der Waals surface area contributed by atoms with Crippen LogP contribution in [0.3, 0.4) is 0 Å². The van der Waals surface area contributed by atoms with E-state index >= 15 is 0 Å². The maximum absolute atomic E-state index is 11.8. The molecule has 1 aromatic carbocycles. The van der Waals surface area contributed by atoms with Crippen molar-refractivity contribution in [1.82, 2.24) is 4.72 Å². The molecule has 112 valence electrons. The molecular weight excluding hydrogens is 274 g/mol. The summed E-state index contributed by atoms with van der Waals surface area (Å²) in [6.07, 6.45) is 2.07. The molecule has 0 radical (unpaired) electrons. The highest BCUT2D eigenvalue weighted by Gasteiger charge is 2.23. The molecule has 4 nitrogen and oxygen atoms in total. The highest BCUT2D eigenvalue weighted by Crippen LogP contribution is 2.15. The Morgan fingerprint density at radius 2 is 1.90 bits per heavy atom. The zero-order valence-electron chi connectivity index (χ0n) is 12.2. The number of hydrogen-bond acceptors (Lipinski definition) is 3. The zero-order valence-corrected chi connectivity index (χ0v) is 13.0. The second-order valence-corrected chi connectivity index (χ2v) is 7.33. The van der Waals surface area contributed by atoms with Crippen molar-refractivity contribution in [3.05, 3.63) is 41.3 Å². The molecule has 0 saturated carbocycles. The minimum absolute atomic E-state index is 0.00659. The standard InChI is InChI=1S/C15H23NO3S/c1-13(2)11-15(3,17)12-16-20(18,19)10-9-14-7-5-4-6-8-14/h4-10,13,16-17H,11-12H2,1-3H3. The summed E-state index contributed by atoms with van der Waals surface area (Å²) in [7, 11) is -3.54. The average molecular weight is 297 g/mol. The summed E-state index contributed by atoms with van der Waals surface area (Å²) >= 11 is 0. The number of benzene rings is 1. The molecule has 0 amide bonds. The minimum atomic E-state index is -3.54. The summed E-state index contributed by atoms with van der Waals surface area (Å²) in [6, 6.07) is 9.19. The molecule has 0 heterocycles. The van der Waals surface area contributed by atoms with Gasteiger partial charge >= 0.3 is 0 Å². The Kier molecular flexibility index (Phi) is 5.92. The van der Waals surface area contributed by atoms with E-state index in [0.717, 1.165) is 11.0 Å². The molecule has 2 N–H and O–H groups in total. The lowest BCUT2D eigenvalue weighted by molar-refractivity contribution is 0.0437. The fourth-order valence-corrected chi connectivity index (χ4v) is 2.93. The van der Waals surface area contributed by atoms with Gasteiger partial charge in [0.15, 0.2) is 0 Å². The summed E-state index contributed by atoms with van der Waals surface area (Å²) in [4.78, 5) is 0. The van der Waals surface area contributed by atoms with Crippen LogP contribution in [-0.2, 0) is 10.0 Å². The van der Waals surface area contributed by atoms with E-state index < -0.39 is 15.6 Å². The number of nitrogens with one attached hydrogen (secondary N) is 1. The Bertz CT molecular complexity index is 533. The molecule has 0 bridgehead atoms. The molecule has 0 aliphatic heterocycles. The maximum Gasteiger partial charge on any atom is 0.233 e. The van der Waals surface area contributed by atoms with Crippen molar-refractivity contribution in [2.24, 2.45) is 5.92 Å². The van der Waals surface area contributed by atoms with Crippen LogP contribution in [0.5, 0.6) is 0 Å². The molecule has 1 atom stereocenters.